The summed E-state index contributed by atoms with van der Waals surface area (Å²) < 4.78 is 0. The highest BCUT2D eigenvalue weighted by Gasteiger charge is 2.30. The van der Waals surface area contributed by atoms with Crippen LogP contribution in [-0.4, -0.2) is 21.5 Å². The predicted molar refractivity (Wildman–Crippen MR) is 79.4 cm³/mol. The molecule has 4 heteroatoms. The van der Waals surface area contributed by atoms with Crippen LogP contribution in [0, 0.1) is 11.8 Å². The number of imidazole rings is 1. The van der Waals surface area contributed by atoms with Crippen molar-refractivity contribution in [3.05, 3.63) is 29.6 Å². The van der Waals surface area contributed by atoms with Crippen LogP contribution >= 0.6 is 0 Å². The third kappa shape index (κ3) is 2.01. The average Bonchev–Trinajstić information content (AvgIpc) is 2.77. The van der Waals surface area contributed by atoms with Crippen LogP contribution in [0.4, 0.5) is 0 Å². The van der Waals surface area contributed by atoms with E-state index in [1.165, 1.54) is 0 Å². The molecule has 2 aromatic rings. The summed E-state index contributed by atoms with van der Waals surface area (Å²) in [7, 11) is 0. The van der Waals surface area contributed by atoms with Crippen molar-refractivity contribution in [3.63, 3.8) is 0 Å². The molecule has 0 saturated heterocycles. The van der Waals surface area contributed by atoms with Gasteiger partial charge in [0, 0.05) is 17.4 Å². The van der Waals surface area contributed by atoms with Gasteiger partial charge in [0.15, 0.2) is 11.6 Å². The predicted octanol–water partition coefficient (Wildman–Crippen LogP) is 3.53. The number of nitrogens with zero attached hydrogens (tertiary/aromatic N) is 1. The van der Waals surface area contributed by atoms with Gasteiger partial charge in [-0.25, -0.2) is 4.98 Å². The van der Waals surface area contributed by atoms with Gasteiger partial charge in [0.05, 0.1) is 11.0 Å². The van der Waals surface area contributed by atoms with Crippen LogP contribution in [0.2, 0.25) is 0 Å². The Morgan fingerprint density at radius 1 is 1.00 bits per heavy atom. The molecule has 2 aliphatic carbocycles. The van der Waals surface area contributed by atoms with Crippen LogP contribution in [0.1, 0.15) is 59.5 Å². The first-order valence-corrected chi connectivity index (χ1v) is 7.81. The van der Waals surface area contributed by atoms with Gasteiger partial charge in [-0.1, -0.05) is 18.9 Å². The quantitative estimate of drug-likeness (QED) is 0.872. The zero-order valence-corrected chi connectivity index (χ0v) is 11.9. The maximum absolute atomic E-state index is 12.5. The third-order valence-corrected chi connectivity index (χ3v) is 4.96. The second-order valence-electron chi connectivity index (χ2n) is 6.27. The minimum atomic E-state index is 0.0968. The van der Waals surface area contributed by atoms with E-state index in [2.05, 4.69) is 9.97 Å². The molecule has 0 aliphatic heterocycles. The maximum Gasteiger partial charge on any atom is 0.201 e. The smallest absolute Gasteiger partial charge is 0.201 e. The number of aromatic amines is 1. The normalized spacial score (nSPS) is 19.2. The Bertz CT molecular complexity index is 723. The van der Waals surface area contributed by atoms with Crippen LogP contribution in [0.3, 0.4) is 0 Å². The summed E-state index contributed by atoms with van der Waals surface area (Å²) in [6.07, 6.45) is 6.15. The number of carbonyl (C=O) groups is 2. The summed E-state index contributed by atoms with van der Waals surface area (Å²) in [5.74, 6) is 0.971. The number of Topliss-reactive ketones (excluding diaryl/α,β-unsaturated/α-hetero) is 2. The van der Waals surface area contributed by atoms with E-state index in [1.54, 1.807) is 0 Å². The molecule has 1 aromatic carbocycles. The summed E-state index contributed by atoms with van der Waals surface area (Å²) in [4.78, 5) is 32.3. The molecule has 1 N–H and O–H groups in total. The largest absolute Gasteiger partial charge is 0.335 e. The van der Waals surface area contributed by atoms with Gasteiger partial charge in [-0.3, -0.25) is 9.59 Å². The molecule has 0 amide bonds. The molecule has 108 valence electrons. The van der Waals surface area contributed by atoms with Crippen molar-refractivity contribution < 1.29 is 9.59 Å². The lowest BCUT2D eigenvalue weighted by Crippen LogP contribution is -2.23. The molecule has 2 aliphatic rings. The van der Waals surface area contributed by atoms with Gasteiger partial charge >= 0.3 is 0 Å². The van der Waals surface area contributed by atoms with Crippen molar-refractivity contribution >= 4 is 22.6 Å². The van der Waals surface area contributed by atoms with Crippen molar-refractivity contribution in [1.82, 2.24) is 9.97 Å². The van der Waals surface area contributed by atoms with Crippen molar-refractivity contribution in [1.29, 1.82) is 0 Å². The van der Waals surface area contributed by atoms with Crippen LogP contribution in [0.15, 0.2) is 18.2 Å². The van der Waals surface area contributed by atoms with E-state index in [0.29, 0.717) is 16.9 Å². The highest BCUT2D eigenvalue weighted by atomic mass is 16.1. The van der Waals surface area contributed by atoms with Crippen LogP contribution < -0.4 is 0 Å². The lowest BCUT2D eigenvalue weighted by molar-refractivity contribution is 0.0840. The fourth-order valence-corrected chi connectivity index (χ4v) is 3.10. The van der Waals surface area contributed by atoms with Gasteiger partial charge in [-0.2, -0.15) is 0 Å². The summed E-state index contributed by atoms with van der Waals surface area (Å²) in [6.45, 7) is 0. The topological polar surface area (TPSA) is 62.8 Å². The van der Waals surface area contributed by atoms with Gasteiger partial charge in [0.1, 0.15) is 0 Å². The van der Waals surface area contributed by atoms with E-state index in [0.717, 1.165) is 44.0 Å². The lowest BCUT2D eigenvalue weighted by Gasteiger charge is -2.23. The lowest BCUT2D eigenvalue weighted by atomic mass is 9.80. The molecule has 21 heavy (non-hydrogen) atoms. The van der Waals surface area contributed by atoms with E-state index in [1.807, 2.05) is 18.2 Å². The Labute approximate surface area is 123 Å². The van der Waals surface area contributed by atoms with Gasteiger partial charge in [-0.15, -0.1) is 0 Å². The number of rotatable bonds is 4. The number of fused-ring (bicyclic) bond motifs is 1. The van der Waals surface area contributed by atoms with Crippen LogP contribution in [-0.2, 0) is 0 Å². The van der Waals surface area contributed by atoms with Gasteiger partial charge in [0.25, 0.3) is 0 Å². The molecule has 4 rings (SSSR count). The van der Waals surface area contributed by atoms with Crippen molar-refractivity contribution in [3.8, 4) is 0 Å². The fourth-order valence-electron chi connectivity index (χ4n) is 3.10. The summed E-state index contributed by atoms with van der Waals surface area (Å²) in [5, 5.41) is 0. The molecule has 4 nitrogen and oxygen atoms in total. The number of nitrogens with one attached hydrogen (secondary N) is 1. The third-order valence-electron chi connectivity index (χ3n) is 4.96. The second-order valence-corrected chi connectivity index (χ2v) is 6.27. The van der Waals surface area contributed by atoms with E-state index in [4.69, 9.17) is 0 Å². The summed E-state index contributed by atoms with van der Waals surface area (Å²) >= 11 is 0. The number of benzene rings is 1. The molecule has 1 heterocycles. The average molecular weight is 282 g/mol. The van der Waals surface area contributed by atoms with E-state index < -0.39 is 0 Å². The van der Waals surface area contributed by atoms with Gasteiger partial charge in [0.2, 0.25) is 5.78 Å². The molecule has 1 aromatic heterocycles. The minimum Gasteiger partial charge on any atom is -0.335 e. The number of ketones is 2. The van der Waals surface area contributed by atoms with Crippen LogP contribution in [0.25, 0.3) is 11.0 Å². The monoisotopic (exact) mass is 282 g/mol. The number of carbonyl (C=O) groups excluding carboxylic acids is 2. The standard InChI is InChI=1S/C17H18N2O2/c20-15(10-4-1-5-10)12-8-3-9-13-14(12)19-17(18-13)16(21)11-6-2-7-11/h3,8-11H,1-2,4-7H2,(H,18,19). The van der Waals surface area contributed by atoms with E-state index in [9.17, 15) is 9.59 Å². The second kappa shape index (κ2) is 4.79. The zero-order chi connectivity index (χ0) is 14.4. The highest BCUT2D eigenvalue weighted by Crippen LogP contribution is 2.33. The van der Waals surface area contributed by atoms with Gasteiger partial charge in [-0.05, 0) is 37.8 Å². The summed E-state index contributed by atoms with van der Waals surface area (Å²) in [6, 6.07) is 5.59. The van der Waals surface area contributed by atoms with E-state index >= 15 is 0 Å². The fraction of sp³-hybridized carbons (Fsp3) is 0.471. The molecule has 0 atom stereocenters. The number of aromatic nitrogens is 2. The zero-order valence-electron chi connectivity index (χ0n) is 11.9. The highest BCUT2D eigenvalue weighted by molar-refractivity contribution is 6.08. The van der Waals surface area contributed by atoms with Crippen LogP contribution in [0.5, 0.6) is 0 Å². The molecular weight excluding hydrogens is 264 g/mol. The van der Waals surface area contributed by atoms with Crippen molar-refractivity contribution in [2.24, 2.45) is 11.8 Å². The molecule has 0 radical (unpaired) electrons. The molecule has 2 fully saturated rings. The SMILES string of the molecule is O=C(c1nc2c(C(=O)C3CCC3)cccc2[nH]1)C1CCC1. The van der Waals surface area contributed by atoms with Crippen molar-refractivity contribution in [2.75, 3.05) is 0 Å². The number of para-hydroxylation sites is 1. The Balaban J connectivity index is 1.73. The first kappa shape index (κ1) is 12.7. The minimum absolute atomic E-state index is 0.0968. The molecule has 0 spiro atoms. The Morgan fingerprint density at radius 2 is 1.67 bits per heavy atom. The Kier molecular flexibility index (Phi) is 2.91. The summed E-state index contributed by atoms with van der Waals surface area (Å²) in [5.41, 5.74) is 2.13. The van der Waals surface area contributed by atoms with Crippen molar-refractivity contribution in [2.45, 2.75) is 38.5 Å². The van der Waals surface area contributed by atoms with Gasteiger partial charge < -0.3 is 4.98 Å². The first-order valence-electron chi connectivity index (χ1n) is 7.81. The number of hydrogen-bond acceptors (Lipinski definition) is 3. The Morgan fingerprint density at radius 3 is 2.29 bits per heavy atom. The number of H-pyrrole nitrogens is 1. The first-order chi connectivity index (χ1) is 10.2. The number of hydrogen-bond donors (Lipinski definition) is 1. The molecule has 2 saturated carbocycles. The maximum atomic E-state index is 12.5. The van der Waals surface area contributed by atoms with E-state index in [-0.39, 0.29) is 23.4 Å². The molecule has 0 bridgehead atoms. The Hall–Kier alpha value is -1.97. The molecular formula is C17H18N2O2. The molecule has 0 unspecified atom stereocenters.